The third kappa shape index (κ3) is 5.19. The van der Waals surface area contributed by atoms with Gasteiger partial charge in [0.25, 0.3) is 5.91 Å². The Balaban J connectivity index is 1.87. The molecule has 0 atom stereocenters. The Morgan fingerprint density at radius 1 is 1.00 bits per heavy atom. The summed E-state index contributed by atoms with van der Waals surface area (Å²) in [5.74, 6) is -0.342. The van der Waals surface area contributed by atoms with Crippen LogP contribution in [-0.2, 0) is 11.2 Å². The molecule has 2 amide bonds. The van der Waals surface area contributed by atoms with Crippen molar-refractivity contribution in [1.29, 1.82) is 0 Å². The van der Waals surface area contributed by atoms with Crippen LogP contribution in [0.1, 0.15) is 15.9 Å². The molecule has 2 aromatic carbocycles. The zero-order valence-electron chi connectivity index (χ0n) is 12.6. The maximum atomic E-state index is 11.9. The van der Waals surface area contributed by atoms with Crippen LogP contribution in [0.3, 0.4) is 0 Å². The van der Waals surface area contributed by atoms with E-state index in [1.807, 2.05) is 30.3 Å². The van der Waals surface area contributed by atoms with Crippen molar-refractivity contribution in [2.75, 3.05) is 12.4 Å². The highest BCUT2D eigenvalue weighted by molar-refractivity contribution is 7.80. The fourth-order valence-corrected chi connectivity index (χ4v) is 2.20. The molecule has 5 nitrogen and oxygen atoms in total. The first-order valence-corrected chi connectivity index (χ1v) is 7.46. The maximum absolute atomic E-state index is 11.9. The van der Waals surface area contributed by atoms with Gasteiger partial charge < -0.3 is 16.0 Å². The number of carbonyl (C=O) groups excluding carboxylic acids is 2. The summed E-state index contributed by atoms with van der Waals surface area (Å²) in [6.07, 6.45) is 0.262. The first kappa shape index (κ1) is 16.6. The van der Waals surface area contributed by atoms with Crippen molar-refractivity contribution in [3.05, 3.63) is 65.7 Å². The third-order valence-electron chi connectivity index (χ3n) is 3.09. The lowest BCUT2D eigenvalue weighted by Gasteiger charge is -2.10. The quantitative estimate of drug-likeness (QED) is 0.752. The molecule has 23 heavy (non-hydrogen) atoms. The molecule has 0 aliphatic carbocycles. The normalized spacial score (nSPS) is 9.78. The zero-order chi connectivity index (χ0) is 16.7. The van der Waals surface area contributed by atoms with E-state index in [1.54, 1.807) is 31.3 Å². The van der Waals surface area contributed by atoms with Gasteiger partial charge in [-0.1, -0.05) is 30.3 Å². The molecule has 2 aromatic rings. The zero-order valence-corrected chi connectivity index (χ0v) is 13.4. The molecule has 0 unspecified atom stereocenters. The lowest BCUT2D eigenvalue weighted by Crippen LogP contribution is -2.35. The Labute approximate surface area is 140 Å². The van der Waals surface area contributed by atoms with Gasteiger partial charge in [0.15, 0.2) is 5.11 Å². The van der Waals surface area contributed by atoms with E-state index < -0.39 is 0 Å². The van der Waals surface area contributed by atoms with E-state index in [0.29, 0.717) is 11.3 Å². The van der Waals surface area contributed by atoms with Gasteiger partial charge in [-0.3, -0.25) is 9.59 Å². The fraction of sp³-hybridized carbons (Fsp3) is 0.118. The summed E-state index contributed by atoms with van der Waals surface area (Å²) in [6.45, 7) is 0. The van der Waals surface area contributed by atoms with Crippen molar-refractivity contribution >= 4 is 34.8 Å². The summed E-state index contributed by atoms with van der Waals surface area (Å²) in [5.41, 5.74) is 2.17. The van der Waals surface area contributed by atoms with Gasteiger partial charge in [0.05, 0.1) is 6.42 Å². The van der Waals surface area contributed by atoms with Gasteiger partial charge in [-0.05, 0) is 42.0 Å². The highest BCUT2D eigenvalue weighted by Crippen LogP contribution is 2.09. The number of benzene rings is 2. The predicted octanol–water partition coefficient (Wildman–Crippen LogP) is 2.10. The van der Waals surface area contributed by atoms with Gasteiger partial charge in [-0.2, -0.15) is 0 Å². The number of rotatable bonds is 4. The van der Waals surface area contributed by atoms with Crippen molar-refractivity contribution in [2.24, 2.45) is 0 Å². The van der Waals surface area contributed by atoms with E-state index >= 15 is 0 Å². The second-order valence-corrected chi connectivity index (χ2v) is 5.23. The second kappa shape index (κ2) is 8.05. The lowest BCUT2D eigenvalue weighted by atomic mass is 10.1. The van der Waals surface area contributed by atoms with Crippen LogP contribution in [0.4, 0.5) is 5.69 Å². The van der Waals surface area contributed by atoms with Crippen LogP contribution < -0.4 is 16.0 Å². The second-order valence-electron chi connectivity index (χ2n) is 4.82. The van der Waals surface area contributed by atoms with Gasteiger partial charge in [-0.25, -0.2) is 0 Å². The van der Waals surface area contributed by atoms with Gasteiger partial charge >= 0.3 is 0 Å². The molecule has 0 aliphatic rings. The minimum atomic E-state index is -0.185. The van der Waals surface area contributed by atoms with Crippen molar-refractivity contribution < 1.29 is 9.59 Å². The Morgan fingerprint density at radius 2 is 1.65 bits per heavy atom. The van der Waals surface area contributed by atoms with Crippen LogP contribution in [-0.4, -0.2) is 24.0 Å². The van der Waals surface area contributed by atoms with Crippen molar-refractivity contribution in [3.63, 3.8) is 0 Å². The first-order chi connectivity index (χ1) is 11.1. The van der Waals surface area contributed by atoms with E-state index in [1.165, 1.54) is 0 Å². The average molecular weight is 327 g/mol. The number of thiocarbonyl (C=S) groups is 1. The minimum Gasteiger partial charge on any atom is -0.355 e. The van der Waals surface area contributed by atoms with Gasteiger partial charge in [0, 0.05) is 18.3 Å². The molecule has 118 valence electrons. The highest BCUT2D eigenvalue weighted by Gasteiger charge is 2.07. The largest absolute Gasteiger partial charge is 0.355 e. The number of anilines is 1. The molecule has 0 radical (unpaired) electrons. The molecular weight excluding hydrogens is 310 g/mol. The third-order valence-corrected chi connectivity index (χ3v) is 3.30. The van der Waals surface area contributed by atoms with Crippen LogP contribution in [0.15, 0.2) is 54.6 Å². The molecule has 2 rings (SSSR count). The Bertz CT molecular complexity index is 700. The molecule has 0 fully saturated rings. The number of hydrogen-bond acceptors (Lipinski definition) is 3. The molecule has 0 aromatic heterocycles. The SMILES string of the molecule is CNC(=O)c1ccc(NC(=S)NC(=O)Cc2ccccc2)cc1. The van der Waals surface area contributed by atoms with Crippen molar-refractivity contribution in [1.82, 2.24) is 10.6 Å². The van der Waals surface area contributed by atoms with Gasteiger partial charge in [-0.15, -0.1) is 0 Å². The monoisotopic (exact) mass is 327 g/mol. The summed E-state index contributed by atoms with van der Waals surface area (Å²) in [6, 6.07) is 16.2. The molecular formula is C17H17N3O2S. The molecule has 0 heterocycles. The van der Waals surface area contributed by atoms with E-state index in [-0.39, 0.29) is 23.3 Å². The van der Waals surface area contributed by atoms with E-state index in [0.717, 1.165) is 5.56 Å². The number of nitrogens with one attached hydrogen (secondary N) is 3. The van der Waals surface area contributed by atoms with Gasteiger partial charge in [0.2, 0.25) is 5.91 Å². The minimum absolute atomic E-state index is 0.157. The molecule has 0 aliphatic heterocycles. The molecule has 0 saturated carbocycles. The maximum Gasteiger partial charge on any atom is 0.251 e. The van der Waals surface area contributed by atoms with E-state index in [4.69, 9.17) is 12.2 Å². The number of amides is 2. The van der Waals surface area contributed by atoms with E-state index in [2.05, 4.69) is 16.0 Å². The molecule has 0 saturated heterocycles. The molecule has 3 N–H and O–H groups in total. The topological polar surface area (TPSA) is 70.2 Å². The summed E-state index contributed by atoms with van der Waals surface area (Å²) in [7, 11) is 1.58. The average Bonchev–Trinajstić information content (AvgIpc) is 2.55. The molecule has 6 heteroatoms. The summed E-state index contributed by atoms with van der Waals surface area (Å²) in [5, 5.41) is 8.31. The summed E-state index contributed by atoms with van der Waals surface area (Å²) in [4.78, 5) is 23.4. The van der Waals surface area contributed by atoms with Crippen LogP contribution in [0.5, 0.6) is 0 Å². The van der Waals surface area contributed by atoms with Crippen molar-refractivity contribution in [2.45, 2.75) is 6.42 Å². The smallest absolute Gasteiger partial charge is 0.251 e. The highest BCUT2D eigenvalue weighted by atomic mass is 32.1. The van der Waals surface area contributed by atoms with Crippen LogP contribution >= 0.6 is 12.2 Å². The van der Waals surface area contributed by atoms with Gasteiger partial charge in [0.1, 0.15) is 0 Å². The van der Waals surface area contributed by atoms with E-state index in [9.17, 15) is 9.59 Å². The van der Waals surface area contributed by atoms with Crippen LogP contribution in [0.2, 0.25) is 0 Å². The summed E-state index contributed by atoms with van der Waals surface area (Å²) < 4.78 is 0. The molecule has 0 spiro atoms. The molecule has 0 bridgehead atoms. The first-order valence-electron chi connectivity index (χ1n) is 7.05. The number of carbonyl (C=O) groups is 2. The van der Waals surface area contributed by atoms with Crippen LogP contribution in [0, 0.1) is 0 Å². The standard InChI is InChI=1S/C17H17N3O2S/c1-18-16(22)13-7-9-14(10-8-13)19-17(23)20-15(21)11-12-5-3-2-4-6-12/h2-10H,11H2,1H3,(H,18,22)(H2,19,20,21,23). The Hall–Kier alpha value is -2.73. The Morgan fingerprint density at radius 3 is 2.26 bits per heavy atom. The van der Waals surface area contributed by atoms with Crippen molar-refractivity contribution in [3.8, 4) is 0 Å². The Kier molecular flexibility index (Phi) is 5.82. The lowest BCUT2D eigenvalue weighted by molar-refractivity contribution is -0.119. The van der Waals surface area contributed by atoms with Crippen LogP contribution in [0.25, 0.3) is 0 Å². The summed E-state index contributed by atoms with van der Waals surface area (Å²) >= 11 is 5.11. The fourth-order valence-electron chi connectivity index (χ4n) is 1.96. The predicted molar refractivity (Wildman–Crippen MR) is 94.3 cm³/mol. The number of hydrogen-bond donors (Lipinski definition) is 3.